The Morgan fingerprint density at radius 2 is 1.90 bits per heavy atom. The van der Waals surface area contributed by atoms with Crippen LogP contribution >= 0.6 is 11.8 Å². The molecule has 3 rings (SSSR count). The molecule has 0 bridgehead atoms. The molecule has 0 aliphatic carbocycles. The van der Waals surface area contributed by atoms with E-state index in [4.69, 9.17) is 4.42 Å². The molecule has 0 atom stereocenters. The standard InChI is InChI=1S/C15H14N4OS/c1-9-8-13(21-15-18-10(2)11(3)20-15)19-14(17-9)12-6-4-5-7-16-12/h4-8H,1-3H3. The molecular weight excluding hydrogens is 284 g/mol. The number of aromatic nitrogens is 4. The van der Waals surface area contributed by atoms with Crippen LogP contribution in [0.4, 0.5) is 0 Å². The van der Waals surface area contributed by atoms with Crippen molar-refractivity contribution in [3.8, 4) is 11.5 Å². The van der Waals surface area contributed by atoms with Crippen LogP contribution in [0, 0.1) is 20.8 Å². The van der Waals surface area contributed by atoms with E-state index in [-0.39, 0.29) is 0 Å². The number of hydrogen-bond acceptors (Lipinski definition) is 6. The van der Waals surface area contributed by atoms with Crippen LogP contribution in [-0.4, -0.2) is 19.9 Å². The van der Waals surface area contributed by atoms with Gasteiger partial charge in [0.05, 0.1) is 5.69 Å². The maximum atomic E-state index is 5.58. The Morgan fingerprint density at radius 3 is 2.57 bits per heavy atom. The third-order valence-electron chi connectivity index (χ3n) is 2.93. The van der Waals surface area contributed by atoms with Crippen LogP contribution in [-0.2, 0) is 0 Å². The van der Waals surface area contributed by atoms with Crippen molar-refractivity contribution in [2.75, 3.05) is 0 Å². The second kappa shape index (κ2) is 5.65. The molecule has 5 nitrogen and oxygen atoms in total. The zero-order chi connectivity index (χ0) is 14.8. The summed E-state index contributed by atoms with van der Waals surface area (Å²) >= 11 is 1.39. The second-order valence-corrected chi connectivity index (χ2v) is 5.58. The van der Waals surface area contributed by atoms with Crippen molar-refractivity contribution in [1.29, 1.82) is 0 Å². The van der Waals surface area contributed by atoms with E-state index < -0.39 is 0 Å². The Hall–Kier alpha value is -2.21. The van der Waals surface area contributed by atoms with Gasteiger partial charge in [0.2, 0.25) is 0 Å². The van der Waals surface area contributed by atoms with Gasteiger partial charge in [0.25, 0.3) is 5.22 Å². The number of hydrogen-bond donors (Lipinski definition) is 0. The van der Waals surface area contributed by atoms with Crippen molar-refractivity contribution >= 4 is 11.8 Å². The lowest BCUT2D eigenvalue weighted by Gasteiger charge is -2.03. The molecule has 21 heavy (non-hydrogen) atoms. The fourth-order valence-corrected chi connectivity index (χ4v) is 2.67. The predicted octanol–water partition coefficient (Wildman–Crippen LogP) is 3.60. The van der Waals surface area contributed by atoms with E-state index in [0.717, 1.165) is 27.9 Å². The summed E-state index contributed by atoms with van der Waals surface area (Å²) in [6, 6.07) is 7.59. The zero-order valence-electron chi connectivity index (χ0n) is 12.0. The maximum Gasteiger partial charge on any atom is 0.262 e. The number of oxazole rings is 1. The van der Waals surface area contributed by atoms with E-state index in [1.54, 1.807) is 6.20 Å². The summed E-state index contributed by atoms with van der Waals surface area (Å²) in [5.74, 6) is 1.44. The molecule has 0 N–H and O–H groups in total. The molecule has 3 aromatic heterocycles. The lowest BCUT2D eigenvalue weighted by atomic mass is 10.3. The van der Waals surface area contributed by atoms with Crippen LogP contribution in [0.1, 0.15) is 17.1 Å². The first-order valence-electron chi connectivity index (χ1n) is 6.51. The van der Waals surface area contributed by atoms with Crippen molar-refractivity contribution in [2.24, 2.45) is 0 Å². The number of nitrogens with zero attached hydrogens (tertiary/aromatic N) is 4. The number of pyridine rings is 1. The highest BCUT2D eigenvalue weighted by molar-refractivity contribution is 7.99. The summed E-state index contributed by atoms with van der Waals surface area (Å²) in [6.45, 7) is 5.76. The molecule has 0 aliphatic rings. The van der Waals surface area contributed by atoms with Gasteiger partial charge in [-0.05, 0) is 50.7 Å². The van der Waals surface area contributed by atoms with E-state index in [2.05, 4.69) is 19.9 Å². The summed E-state index contributed by atoms with van der Waals surface area (Å²) in [6.07, 6.45) is 1.73. The van der Waals surface area contributed by atoms with Gasteiger partial charge >= 0.3 is 0 Å². The number of rotatable bonds is 3. The van der Waals surface area contributed by atoms with Gasteiger partial charge in [0, 0.05) is 11.9 Å². The molecule has 3 heterocycles. The molecule has 6 heteroatoms. The van der Waals surface area contributed by atoms with Crippen LogP contribution in [0.2, 0.25) is 0 Å². The van der Waals surface area contributed by atoms with Crippen LogP contribution in [0.15, 0.2) is 45.1 Å². The van der Waals surface area contributed by atoms with E-state index in [1.165, 1.54) is 11.8 Å². The van der Waals surface area contributed by atoms with E-state index >= 15 is 0 Å². The topological polar surface area (TPSA) is 64.7 Å². The Balaban J connectivity index is 1.94. The Labute approximate surface area is 126 Å². The van der Waals surface area contributed by atoms with Crippen molar-refractivity contribution in [2.45, 2.75) is 31.0 Å². The van der Waals surface area contributed by atoms with Gasteiger partial charge in [0.15, 0.2) is 5.82 Å². The monoisotopic (exact) mass is 298 g/mol. The maximum absolute atomic E-state index is 5.58. The molecule has 3 aromatic rings. The van der Waals surface area contributed by atoms with Gasteiger partial charge in [-0.1, -0.05) is 6.07 Å². The molecule has 0 radical (unpaired) electrons. The molecular formula is C15H14N4OS. The Bertz CT molecular complexity index is 751. The van der Waals surface area contributed by atoms with Crippen molar-refractivity contribution in [1.82, 2.24) is 19.9 Å². The molecule has 0 aromatic carbocycles. The average molecular weight is 298 g/mol. The predicted molar refractivity (Wildman–Crippen MR) is 80.1 cm³/mol. The Kier molecular flexibility index (Phi) is 3.70. The van der Waals surface area contributed by atoms with E-state index in [9.17, 15) is 0 Å². The van der Waals surface area contributed by atoms with Crippen LogP contribution < -0.4 is 0 Å². The lowest BCUT2D eigenvalue weighted by molar-refractivity contribution is 0.431. The first-order chi connectivity index (χ1) is 10.1. The van der Waals surface area contributed by atoms with Crippen LogP contribution in [0.25, 0.3) is 11.5 Å². The summed E-state index contributed by atoms with van der Waals surface area (Å²) < 4.78 is 5.58. The highest BCUT2D eigenvalue weighted by atomic mass is 32.2. The van der Waals surface area contributed by atoms with E-state index in [0.29, 0.717) is 11.0 Å². The minimum Gasteiger partial charge on any atom is -0.436 e. The van der Waals surface area contributed by atoms with Gasteiger partial charge < -0.3 is 4.42 Å². The van der Waals surface area contributed by atoms with Gasteiger partial charge in [-0.2, -0.15) is 0 Å². The van der Waals surface area contributed by atoms with E-state index in [1.807, 2.05) is 45.0 Å². The third kappa shape index (κ3) is 3.11. The highest BCUT2D eigenvalue weighted by Gasteiger charge is 2.11. The summed E-state index contributed by atoms with van der Waals surface area (Å²) in [5.41, 5.74) is 2.53. The first-order valence-corrected chi connectivity index (χ1v) is 7.32. The van der Waals surface area contributed by atoms with Crippen molar-refractivity contribution in [3.05, 3.63) is 47.6 Å². The van der Waals surface area contributed by atoms with Crippen molar-refractivity contribution < 1.29 is 4.42 Å². The zero-order valence-corrected chi connectivity index (χ0v) is 12.8. The molecule has 0 amide bonds. The van der Waals surface area contributed by atoms with Crippen LogP contribution in [0.3, 0.4) is 0 Å². The smallest absolute Gasteiger partial charge is 0.262 e. The fraction of sp³-hybridized carbons (Fsp3) is 0.200. The van der Waals surface area contributed by atoms with Gasteiger partial charge in [-0.3, -0.25) is 4.98 Å². The molecule has 0 saturated heterocycles. The summed E-state index contributed by atoms with van der Waals surface area (Å²) in [5, 5.41) is 1.39. The minimum absolute atomic E-state index is 0.593. The first kappa shape index (κ1) is 13.8. The van der Waals surface area contributed by atoms with Gasteiger partial charge in [0.1, 0.15) is 16.5 Å². The SMILES string of the molecule is Cc1cc(Sc2nc(C)c(C)o2)nc(-c2ccccn2)n1. The Morgan fingerprint density at radius 1 is 1.05 bits per heavy atom. The lowest BCUT2D eigenvalue weighted by Crippen LogP contribution is -1.95. The fourth-order valence-electron chi connectivity index (χ4n) is 1.78. The highest BCUT2D eigenvalue weighted by Crippen LogP contribution is 2.28. The quantitative estimate of drug-likeness (QED) is 0.688. The van der Waals surface area contributed by atoms with Gasteiger partial charge in [-0.25, -0.2) is 15.0 Å². The summed E-state index contributed by atoms with van der Waals surface area (Å²) in [4.78, 5) is 17.6. The molecule has 0 fully saturated rings. The summed E-state index contributed by atoms with van der Waals surface area (Å²) in [7, 11) is 0. The normalized spacial score (nSPS) is 10.8. The average Bonchev–Trinajstić information content (AvgIpc) is 2.77. The molecule has 0 unspecified atom stereocenters. The molecule has 0 aliphatic heterocycles. The molecule has 0 spiro atoms. The second-order valence-electron chi connectivity index (χ2n) is 4.61. The third-order valence-corrected chi connectivity index (χ3v) is 3.69. The van der Waals surface area contributed by atoms with Crippen molar-refractivity contribution in [3.63, 3.8) is 0 Å². The minimum atomic E-state index is 0.593. The number of aryl methyl sites for hydroxylation is 3. The van der Waals surface area contributed by atoms with Gasteiger partial charge in [-0.15, -0.1) is 0 Å². The molecule has 0 saturated carbocycles. The molecule has 106 valence electrons. The van der Waals surface area contributed by atoms with Crippen LogP contribution in [0.5, 0.6) is 0 Å². The largest absolute Gasteiger partial charge is 0.436 e.